The van der Waals surface area contributed by atoms with Crippen molar-refractivity contribution in [3.63, 3.8) is 0 Å². The summed E-state index contributed by atoms with van der Waals surface area (Å²) in [7, 11) is 0. The van der Waals surface area contributed by atoms with Crippen molar-refractivity contribution >= 4 is 5.91 Å². The van der Waals surface area contributed by atoms with E-state index in [1.807, 2.05) is 6.08 Å². The van der Waals surface area contributed by atoms with E-state index in [-0.39, 0.29) is 11.3 Å². The lowest BCUT2D eigenvalue weighted by molar-refractivity contribution is -0.126. The van der Waals surface area contributed by atoms with Crippen LogP contribution in [0.4, 0.5) is 0 Å². The first-order chi connectivity index (χ1) is 13.7. The van der Waals surface area contributed by atoms with E-state index in [1.165, 1.54) is 44.9 Å². The van der Waals surface area contributed by atoms with Gasteiger partial charge in [0.1, 0.15) is 0 Å². The molecule has 0 saturated heterocycles. The van der Waals surface area contributed by atoms with Gasteiger partial charge in [0.05, 0.1) is 0 Å². The van der Waals surface area contributed by atoms with Crippen LogP contribution in [0.5, 0.6) is 0 Å². The number of rotatable bonds is 5. The zero-order chi connectivity index (χ0) is 21.0. The number of carbonyl (C=O) groups excluding carboxylic acids is 1. The number of hydrogen-bond acceptors (Lipinski definition) is 1. The van der Waals surface area contributed by atoms with E-state index in [4.69, 9.17) is 0 Å². The highest BCUT2D eigenvalue weighted by atomic mass is 16.1. The zero-order valence-corrected chi connectivity index (χ0v) is 19.8. The van der Waals surface area contributed by atoms with E-state index in [9.17, 15) is 4.79 Å². The summed E-state index contributed by atoms with van der Waals surface area (Å²) in [6.45, 7) is 14.9. The summed E-state index contributed by atoms with van der Waals surface area (Å²) in [6, 6.07) is 0.341. The second-order valence-corrected chi connectivity index (χ2v) is 12.3. The molecule has 3 saturated carbocycles. The first kappa shape index (κ1) is 21.4. The minimum Gasteiger partial charge on any atom is -0.349 e. The van der Waals surface area contributed by atoms with E-state index >= 15 is 0 Å². The fourth-order valence-electron chi connectivity index (χ4n) is 8.71. The molecule has 0 aromatic carbocycles. The van der Waals surface area contributed by atoms with Crippen LogP contribution in [0.2, 0.25) is 0 Å². The Balaban J connectivity index is 1.53. The van der Waals surface area contributed by atoms with Crippen LogP contribution in [0.15, 0.2) is 12.2 Å². The molecule has 1 N–H and O–H groups in total. The van der Waals surface area contributed by atoms with Crippen molar-refractivity contribution in [2.75, 3.05) is 0 Å². The molecular weight excluding hydrogens is 354 g/mol. The van der Waals surface area contributed by atoms with Gasteiger partial charge in [0.2, 0.25) is 5.91 Å². The molecule has 3 aliphatic carbocycles. The molecular formula is C27H45NO. The normalized spacial score (nSPS) is 47.3. The molecule has 1 heterocycles. The van der Waals surface area contributed by atoms with E-state index in [0.29, 0.717) is 11.5 Å². The Morgan fingerprint density at radius 2 is 1.86 bits per heavy atom. The third-order valence-electron chi connectivity index (χ3n) is 10.3. The van der Waals surface area contributed by atoms with E-state index in [2.05, 4.69) is 52.9 Å². The van der Waals surface area contributed by atoms with Gasteiger partial charge in [0, 0.05) is 11.5 Å². The first-order valence-corrected chi connectivity index (χ1v) is 12.7. The van der Waals surface area contributed by atoms with Crippen molar-refractivity contribution in [1.29, 1.82) is 0 Å². The second kappa shape index (κ2) is 7.72. The Morgan fingerprint density at radius 3 is 2.59 bits per heavy atom. The maximum Gasteiger partial charge on any atom is 0.243 e. The molecule has 0 aromatic rings. The first-order valence-electron chi connectivity index (χ1n) is 12.7. The number of amides is 1. The average molecular weight is 400 g/mol. The van der Waals surface area contributed by atoms with Crippen LogP contribution in [0.25, 0.3) is 0 Å². The highest BCUT2D eigenvalue weighted by Crippen LogP contribution is 2.67. The van der Waals surface area contributed by atoms with Gasteiger partial charge in [0.15, 0.2) is 0 Å². The van der Waals surface area contributed by atoms with E-state index < -0.39 is 0 Å². The molecule has 164 valence electrons. The van der Waals surface area contributed by atoms with Crippen LogP contribution in [0.3, 0.4) is 0 Å². The molecule has 2 heteroatoms. The monoisotopic (exact) mass is 399 g/mol. The summed E-state index contributed by atoms with van der Waals surface area (Å²) in [4.78, 5) is 12.0. The van der Waals surface area contributed by atoms with Gasteiger partial charge in [-0.25, -0.2) is 0 Å². The number of carbonyl (C=O) groups is 1. The largest absolute Gasteiger partial charge is 0.349 e. The van der Waals surface area contributed by atoms with Crippen molar-refractivity contribution in [1.82, 2.24) is 5.32 Å². The summed E-state index contributed by atoms with van der Waals surface area (Å²) in [5.74, 6) is 5.93. The molecule has 1 aliphatic heterocycles. The molecule has 0 aromatic heterocycles. The predicted molar refractivity (Wildman–Crippen MR) is 121 cm³/mol. The van der Waals surface area contributed by atoms with Crippen LogP contribution in [0.1, 0.15) is 92.9 Å². The van der Waals surface area contributed by atoms with Gasteiger partial charge in [-0.3, -0.25) is 4.79 Å². The lowest BCUT2D eigenvalue weighted by atomic mass is 9.45. The number of nitrogens with one attached hydrogen (secondary N) is 1. The van der Waals surface area contributed by atoms with E-state index in [1.54, 1.807) is 0 Å². The predicted octanol–water partition coefficient (Wildman–Crippen LogP) is 6.61. The third-order valence-corrected chi connectivity index (χ3v) is 10.3. The number of hydrogen-bond donors (Lipinski definition) is 1. The SMILES string of the molecule is CC(C)CCC[C@@H](C)[C@H]1CC[C@H]2[C@@H]3[C@@H](C)CC4NC(=O)C=C[C@]4(C)[C@H]3CC[C@]12C. The van der Waals surface area contributed by atoms with Crippen LogP contribution in [-0.2, 0) is 4.79 Å². The van der Waals surface area contributed by atoms with Gasteiger partial charge < -0.3 is 5.32 Å². The molecule has 9 atom stereocenters. The van der Waals surface area contributed by atoms with Gasteiger partial charge in [0.25, 0.3) is 0 Å². The fourth-order valence-corrected chi connectivity index (χ4v) is 8.71. The summed E-state index contributed by atoms with van der Waals surface area (Å²) in [5, 5.41) is 3.32. The van der Waals surface area contributed by atoms with Gasteiger partial charge in [-0.1, -0.05) is 66.9 Å². The van der Waals surface area contributed by atoms with Gasteiger partial charge in [-0.05, 0) is 85.0 Å². The lowest BCUT2D eigenvalue weighted by Gasteiger charge is -2.61. The highest BCUT2D eigenvalue weighted by Gasteiger charge is 2.61. The average Bonchev–Trinajstić information content (AvgIpc) is 3.00. The molecule has 4 aliphatic rings. The van der Waals surface area contributed by atoms with Crippen molar-refractivity contribution in [2.45, 2.75) is 99.0 Å². The quantitative estimate of drug-likeness (QED) is 0.554. The van der Waals surface area contributed by atoms with Gasteiger partial charge >= 0.3 is 0 Å². The van der Waals surface area contributed by atoms with Crippen molar-refractivity contribution < 1.29 is 4.79 Å². The van der Waals surface area contributed by atoms with Crippen molar-refractivity contribution in [2.24, 2.45) is 52.3 Å². The Morgan fingerprint density at radius 1 is 1.10 bits per heavy atom. The Hall–Kier alpha value is -0.790. The third kappa shape index (κ3) is 3.51. The molecule has 3 fully saturated rings. The zero-order valence-electron chi connectivity index (χ0n) is 19.8. The molecule has 0 spiro atoms. The topological polar surface area (TPSA) is 29.1 Å². The van der Waals surface area contributed by atoms with Crippen LogP contribution in [0, 0.1) is 52.3 Å². The maximum absolute atomic E-state index is 12.0. The molecule has 4 rings (SSSR count). The van der Waals surface area contributed by atoms with Gasteiger partial charge in [-0.2, -0.15) is 0 Å². The summed E-state index contributed by atoms with van der Waals surface area (Å²) >= 11 is 0. The maximum atomic E-state index is 12.0. The molecule has 0 radical (unpaired) electrons. The fraction of sp³-hybridized carbons (Fsp3) is 0.889. The standard InChI is InChI=1S/C27H45NO/c1-17(2)8-7-9-18(3)20-10-11-21-25-19(4)16-23-27(6,15-13-24(29)28-23)22(25)12-14-26(20,21)5/h13,15,17-23,25H,7-12,14,16H2,1-6H3,(H,28,29)/t18-,19+,20-,21+,22+,23?,25+,26-,27-/m1/s1. The Bertz CT molecular complexity index is 653. The Kier molecular flexibility index (Phi) is 5.71. The van der Waals surface area contributed by atoms with Gasteiger partial charge in [-0.15, -0.1) is 0 Å². The van der Waals surface area contributed by atoms with Crippen LogP contribution >= 0.6 is 0 Å². The smallest absolute Gasteiger partial charge is 0.243 e. The molecule has 1 unspecified atom stereocenters. The number of fused-ring (bicyclic) bond motifs is 5. The molecule has 29 heavy (non-hydrogen) atoms. The summed E-state index contributed by atoms with van der Waals surface area (Å²) < 4.78 is 0. The van der Waals surface area contributed by atoms with Crippen molar-refractivity contribution in [3.8, 4) is 0 Å². The summed E-state index contributed by atoms with van der Waals surface area (Å²) in [6.07, 6.45) is 15.1. The minimum absolute atomic E-state index is 0.120. The Labute approximate surface area is 179 Å². The second-order valence-electron chi connectivity index (χ2n) is 12.3. The van der Waals surface area contributed by atoms with Crippen LogP contribution in [-0.4, -0.2) is 11.9 Å². The molecule has 2 nitrogen and oxygen atoms in total. The molecule has 1 amide bonds. The lowest BCUT2D eigenvalue weighted by Crippen LogP contribution is -2.61. The van der Waals surface area contributed by atoms with Crippen molar-refractivity contribution in [3.05, 3.63) is 12.2 Å². The molecule has 0 bridgehead atoms. The minimum atomic E-state index is 0.120. The summed E-state index contributed by atoms with van der Waals surface area (Å²) in [5.41, 5.74) is 0.699. The highest BCUT2D eigenvalue weighted by molar-refractivity contribution is 5.89. The van der Waals surface area contributed by atoms with Crippen LogP contribution < -0.4 is 5.32 Å². The van der Waals surface area contributed by atoms with E-state index in [0.717, 1.165) is 47.8 Å².